The minimum absolute atomic E-state index is 0.0304. The zero-order valence-electron chi connectivity index (χ0n) is 20.2. The first-order valence-corrected chi connectivity index (χ1v) is 12.6. The number of hydrogen-bond acceptors (Lipinski definition) is 6. The first-order valence-electron chi connectivity index (χ1n) is 11.8. The molecule has 1 unspecified atom stereocenters. The third-order valence-corrected chi connectivity index (χ3v) is 6.65. The van der Waals surface area contributed by atoms with E-state index in [1.54, 1.807) is 60.7 Å². The number of rotatable bonds is 8. The average molecular weight is 562 g/mol. The van der Waals surface area contributed by atoms with Crippen molar-refractivity contribution in [2.75, 3.05) is 18.6 Å². The standard InChI is InChI=1S/C29H24BrNO6/c1-3-13-36-21-10-7-17(8-11-21)26-25(27(32)24-15-18-14-19(30)9-12-23(18)37-24)28(33)29(34)31(26)20-5-4-6-22(16-20)35-2/h4-12,14-16,26,33H,3,13H2,1-2H3. The van der Waals surface area contributed by atoms with E-state index >= 15 is 0 Å². The maximum absolute atomic E-state index is 13.8. The van der Waals surface area contributed by atoms with Gasteiger partial charge in [0.15, 0.2) is 11.5 Å². The molecule has 0 spiro atoms. The molecular weight excluding hydrogens is 538 g/mol. The predicted octanol–water partition coefficient (Wildman–Crippen LogP) is 6.78. The Hall–Kier alpha value is -4.04. The van der Waals surface area contributed by atoms with E-state index in [9.17, 15) is 14.7 Å². The minimum atomic E-state index is -0.896. The van der Waals surface area contributed by atoms with E-state index in [1.807, 2.05) is 19.1 Å². The highest BCUT2D eigenvalue weighted by molar-refractivity contribution is 9.10. The van der Waals surface area contributed by atoms with Gasteiger partial charge in [0.05, 0.1) is 25.3 Å². The maximum Gasteiger partial charge on any atom is 0.294 e. The number of aliphatic hydroxyl groups excluding tert-OH is 1. The molecule has 0 fully saturated rings. The largest absolute Gasteiger partial charge is 0.503 e. The van der Waals surface area contributed by atoms with Crippen LogP contribution in [0, 0.1) is 0 Å². The number of furan rings is 1. The van der Waals surface area contributed by atoms with E-state index in [0.29, 0.717) is 34.9 Å². The highest BCUT2D eigenvalue weighted by Crippen LogP contribution is 2.43. The number of ether oxygens (including phenoxy) is 2. The molecule has 0 radical (unpaired) electrons. The van der Waals surface area contributed by atoms with Gasteiger partial charge in [-0.05, 0) is 60.5 Å². The van der Waals surface area contributed by atoms with Gasteiger partial charge in [-0.2, -0.15) is 0 Å². The summed E-state index contributed by atoms with van der Waals surface area (Å²) in [5.41, 5.74) is 1.57. The smallest absolute Gasteiger partial charge is 0.294 e. The number of amides is 1. The molecule has 188 valence electrons. The van der Waals surface area contributed by atoms with Crippen molar-refractivity contribution in [1.82, 2.24) is 0 Å². The zero-order valence-corrected chi connectivity index (χ0v) is 21.8. The monoisotopic (exact) mass is 561 g/mol. The Morgan fingerprint density at radius 2 is 1.84 bits per heavy atom. The number of anilines is 1. The molecule has 37 heavy (non-hydrogen) atoms. The van der Waals surface area contributed by atoms with Crippen molar-refractivity contribution in [3.63, 3.8) is 0 Å². The van der Waals surface area contributed by atoms with Crippen molar-refractivity contribution in [2.24, 2.45) is 0 Å². The van der Waals surface area contributed by atoms with Gasteiger partial charge in [0.25, 0.3) is 5.91 Å². The number of nitrogens with zero attached hydrogens (tertiary/aromatic N) is 1. The summed E-state index contributed by atoms with van der Waals surface area (Å²) in [6.45, 7) is 2.59. The first-order chi connectivity index (χ1) is 17.9. The van der Waals surface area contributed by atoms with E-state index in [-0.39, 0.29) is 11.3 Å². The summed E-state index contributed by atoms with van der Waals surface area (Å²) < 4.78 is 17.7. The SMILES string of the molecule is CCCOc1ccc(C2C(C(=O)c3cc4cc(Br)ccc4o3)=C(O)C(=O)N2c2cccc(OC)c2)cc1. The molecular formula is C29H24BrNO6. The molecule has 5 rings (SSSR count). The Kier molecular flexibility index (Phi) is 6.76. The van der Waals surface area contributed by atoms with Crippen molar-refractivity contribution < 1.29 is 28.6 Å². The van der Waals surface area contributed by atoms with Crippen molar-refractivity contribution in [1.29, 1.82) is 0 Å². The third-order valence-electron chi connectivity index (χ3n) is 6.16. The fourth-order valence-electron chi connectivity index (χ4n) is 4.40. The minimum Gasteiger partial charge on any atom is -0.503 e. The molecule has 7 nitrogen and oxygen atoms in total. The van der Waals surface area contributed by atoms with Crippen LogP contribution in [0.15, 0.2) is 93.0 Å². The van der Waals surface area contributed by atoms with E-state index in [1.165, 1.54) is 12.0 Å². The lowest BCUT2D eigenvalue weighted by molar-refractivity contribution is -0.117. The van der Waals surface area contributed by atoms with Crippen LogP contribution in [0.2, 0.25) is 0 Å². The number of aliphatic hydroxyl groups is 1. The molecule has 0 bridgehead atoms. The van der Waals surface area contributed by atoms with Gasteiger partial charge in [0.1, 0.15) is 17.1 Å². The van der Waals surface area contributed by atoms with Crippen LogP contribution in [-0.2, 0) is 4.79 Å². The molecule has 8 heteroatoms. The summed E-state index contributed by atoms with van der Waals surface area (Å²) in [5, 5.41) is 11.8. The average Bonchev–Trinajstić information content (AvgIpc) is 3.45. The Morgan fingerprint density at radius 1 is 1.05 bits per heavy atom. The second-order valence-electron chi connectivity index (χ2n) is 8.58. The van der Waals surface area contributed by atoms with E-state index < -0.39 is 23.5 Å². The highest BCUT2D eigenvalue weighted by Gasteiger charge is 2.45. The van der Waals surface area contributed by atoms with Crippen molar-refractivity contribution in [3.05, 3.63) is 99.9 Å². The molecule has 0 saturated carbocycles. The summed E-state index contributed by atoms with van der Waals surface area (Å²) in [6, 6.07) is 20.2. The topological polar surface area (TPSA) is 89.2 Å². The van der Waals surface area contributed by atoms with Gasteiger partial charge >= 0.3 is 0 Å². The quantitative estimate of drug-likeness (QED) is 0.238. The van der Waals surface area contributed by atoms with Crippen LogP contribution in [0.1, 0.15) is 35.5 Å². The number of benzene rings is 3. The van der Waals surface area contributed by atoms with Crippen LogP contribution < -0.4 is 14.4 Å². The summed E-state index contributed by atoms with van der Waals surface area (Å²) >= 11 is 3.42. The van der Waals surface area contributed by atoms with Gasteiger partial charge in [0, 0.05) is 21.6 Å². The van der Waals surface area contributed by atoms with Crippen molar-refractivity contribution in [3.8, 4) is 11.5 Å². The molecule has 1 atom stereocenters. The highest BCUT2D eigenvalue weighted by atomic mass is 79.9. The molecule has 0 saturated heterocycles. The number of hydrogen-bond donors (Lipinski definition) is 1. The summed E-state index contributed by atoms with van der Waals surface area (Å²) in [5.74, 6) is -0.637. The second kappa shape index (κ2) is 10.1. The zero-order chi connectivity index (χ0) is 26.1. The number of carbonyl (C=O) groups excluding carboxylic acids is 2. The number of Topliss-reactive ketones (excluding diaryl/α,β-unsaturated/α-hetero) is 1. The lowest BCUT2D eigenvalue weighted by Gasteiger charge is -2.27. The number of fused-ring (bicyclic) bond motifs is 1. The summed E-state index contributed by atoms with van der Waals surface area (Å²) in [6.07, 6.45) is 0.867. The van der Waals surface area contributed by atoms with Crippen LogP contribution in [0.25, 0.3) is 11.0 Å². The molecule has 3 aromatic carbocycles. The number of ketones is 1. The second-order valence-corrected chi connectivity index (χ2v) is 9.50. The molecule has 4 aromatic rings. The lowest BCUT2D eigenvalue weighted by Crippen LogP contribution is -2.31. The number of carbonyl (C=O) groups is 2. The predicted molar refractivity (Wildman–Crippen MR) is 143 cm³/mol. The van der Waals surface area contributed by atoms with Gasteiger partial charge in [-0.3, -0.25) is 14.5 Å². The van der Waals surface area contributed by atoms with E-state index in [0.717, 1.165) is 16.3 Å². The fraction of sp³-hybridized carbons (Fsp3) is 0.172. The Morgan fingerprint density at radius 3 is 2.57 bits per heavy atom. The Bertz CT molecular complexity index is 1520. The first kappa shape index (κ1) is 24.6. The molecule has 1 amide bonds. The molecule has 1 aliphatic rings. The summed E-state index contributed by atoms with van der Waals surface area (Å²) in [7, 11) is 1.53. The van der Waals surface area contributed by atoms with Crippen molar-refractivity contribution >= 4 is 44.3 Å². The molecule has 0 aliphatic carbocycles. The van der Waals surface area contributed by atoms with E-state index in [2.05, 4.69) is 15.9 Å². The van der Waals surface area contributed by atoms with Crippen LogP contribution in [-0.4, -0.2) is 30.5 Å². The molecule has 1 N–H and O–H groups in total. The molecule has 1 aromatic heterocycles. The third kappa shape index (κ3) is 4.60. The lowest BCUT2D eigenvalue weighted by atomic mass is 9.94. The van der Waals surface area contributed by atoms with Gasteiger partial charge < -0.3 is 19.0 Å². The maximum atomic E-state index is 13.8. The Labute approximate surface area is 222 Å². The van der Waals surface area contributed by atoms with Gasteiger partial charge in [-0.25, -0.2) is 0 Å². The van der Waals surface area contributed by atoms with Crippen LogP contribution in [0.3, 0.4) is 0 Å². The van der Waals surface area contributed by atoms with Gasteiger partial charge in [0.2, 0.25) is 5.78 Å². The molecule has 1 aliphatic heterocycles. The summed E-state index contributed by atoms with van der Waals surface area (Å²) in [4.78, 5) is 28.6. The number of methoxy groups -OCH3 is 1. The normalized spacial score (nSPS) is 15.5. The van der Waals surface area contributed by atoms with Crippen LogP contribution in [0.4, 0.5) is 5.69 Å². The fourth-order valence-corrected chi connectivity index (χ4v) is 4.78. The Balaban J connectivity index is 1.61. The number of halogens is 1. The van der Waals surface area contributed by atoms with Gasteiger partial charge in [-0.15, -0.1) is 0 Å². The van der Waals surface area contributed by atoms with Crippen molar-refractivity contribution in [2.45, 2.75) is 19.4 Å². The van der Waals surface area contributed by atoms with Crippen LogP contribution in [0.5, 0.6) is 11.5 Å². The van der Waals surface area contributed by atoms with Crippen LogP contribution >= 0.6 is 15.9 Å². The molecule has 2 heterocycles. The van der Waals surface area contributed by atoms with E-state index in [4.69, 9.17) is 13.9 Å². The van der Waals surface area contributed by atoms with Gasteiger partial charge in [-0.1, -0.05) is 41.1 Å².